The normalized spacial score (nSPS) is 11.1. The summed E-state index contributed by atoms with van der Waals surface area (Å²) in [5.41, 5.74) is 0.338. The van der Waals surface area contributed by atoms with Crippen LogP contribution < -0.4 is 0 Å². The van der Waals surface area contributed by atoms with Crippen LogP contribution in [0.2, 0.25) is 0 Å². The zero-order valence-electron chi connectivity index (χ0n) is 13.7. The first-order valence-corrected chi connectivity index (χ1v) is 7.44. The molecule has 0 saturated carbocycles. The molecule has 0 spiro atoms. The summed E-state index contributed by atoms with van der Waals surface area (Å²) in [7, 11) is 0. The van der Waals surface area contributed by atoms with E-state index in [2.05, 4.69) is 6.92 Å². The summed E-state index contributed by atoms with van der Waals surface area (Å²) in [6.45, 7) is 8.52. The van der Waals surface area contributed by atoms with Crippen molar-refractivity contribution in [1.29, 1.82) is 0 Å². The fourth-order valence-electron chi connectivity index (χ4n) is 1.85. The molecular formula is C16H24N2O4. The molecule has 1 aromatic rings. The molecule has 0 N–H and O–H groups in total. The number of benzene rings is 1. The van der Waals surface area contributed by atoms with Crippen molar-refractivity contribution in [2.24, 2.45) is 0 Å². The Morgan fingerprint density at radius 1 is 1.27 bits per heavy atom. The van der Waals surface area contributed by atoms with Crippen molar-refractivity contribution in [3.8, 4) is 0 Å². The summed E-state index contributed by atoms with van der Waals surface area (Å²) in [5.74, 6) is 0. The third-order valence-corrected chi connectivity index (χ3v) is 2.95. The number of ether oxygens (including phenoxy) is 1. The van der Waals surface area contributed by atoms with Gasteiger partial charge in [0.05, 0.1) is 4.92 Å². The third kappa shape index (κ3) is 6.11. The number of unbranched alkanes of at least 4 members (excludes halogenated alkanes) is 1. The number of nitro groups is 1. The smallest absolute Gasteiger partial charge is 0.410 e. The molecule has 0 aliphatic rings. The van der Waals surface area contributed by atoms with E-state index in [1.165, 1.54) is 12.1 Å². The van der Waals surface area contributed by atoms with Gasteiger partial charge in [0.25, 0.3) is 5.69 Å². The summed E-state index contributed by atoms with van der Waals surface area (Å²) in [6, 6.07) is 6.23. The molecule has 0 atom stereocenters. The maximum absolute atomic E-state index is 12.2. The van der Waals surface area contributed by atoms with E-state index in [-0.39, 0.29) is 11.8 Å². The lowest BCUT2D eigenvalue weighted by Gasteiger charge is -2.27. The average Bonchev–Trinajstić information content (AvgIpc) is 2.42. The van der Waals surface area contributed by atoms with Gasteiger partial charge in [0, 0.05) is 25.2 Å². The van der Waals surface area contributed by atoms with Crippen LogP contribution in [0.3, 0.4) is 0 Å². The number of hydrogen-bond acceptors (Lipinski definition) is 4. The minimum Gasteiger partial charge on any atom is -0.444 e. The molecule has 0 aliphatic carbocycles. The van der Waals surface area contributed by atoms with E-state index in [4.69, 9.17) is 4.74 Å². The number of nitro benzene ring substituents is 1. The van der Waals surface area contributed by atoms with Gasteiger partial charge in [-0.05, 0) is 32.8 Å². The molecule has 0 bridgehead atoms. The van der Waals surface area contributed by atoms with Crippen molar-refractivity contribution in [2.75, 3.05) is 6.54 Å². The fourth-order valence-corrected chi connectivity index (χ4v) is 1.85. The molecule has 6 heteroatoms. The van der Waals surface area contributed by atoms with Gasteiger partial charge in [-0.1, -0.05) is 25.5 Å². The molecule has 122 valence electrons. The summed E-state index contributed by atoms with van der Waals surface area (Å²) in [5, 5.41) is 10.7. The lowest BCUT2D eigenvalue weighted by atomic mass is 10.2. The van der Waals surface area contributed by atoms with Crippen LogP contribution in [0.4, 0.5) is 10.5 Å². The van der Waals surface area contributed by atoms with Crippen LogP contribution in [0.5, 0.6) is 0 Å². The van der Waals surface area contributed by atoms with E-state index in [9.17, 15) is 14.9 Å². The Hall–Kier alpha value is -2.11. The summed E-state index contributed by atoms with van der Waals surface area (Å²) in [6.07, 6.45) is 1.49. The largest absolute Gasteiger partial charge is 0.444 e. The lowest BCUT2D eigenvalue weighted by Crippen LogP contribution is -2.37. The standard InChI is InChI=1S/C16H24N2O4/c1-5-6-11-17(15(19)22-16(2,3)4)12-13-7-9-14(10-8-13)18(20)21/h7-10H,5-6,11-12H2,1-4H3. The highest BCUT2D eigenvalue weighted by Gasteiger charge is 2.22. The molecule has 0 radical (unpaired) electrons. The maximum Gasteiger partial charge on any atom is 0.410 e. The molecule has 6 nitrogen and oxygen atoms in total. The third-order valence-electron chi connectivity index (χ3n) is 2.95. The van der Waals surface area contributed by atoms with Gasteiger partial charge in [-0.15, -0.1) is 0 Å². The first-order chi connectivity index (χ1) is 10.2. The Bertz CT molecular complexity index is 506. The monoisotopic (exact) mass is 308 g/mol. The van der Waals surface area contributed by atoms with E-state index >= 15 is 0 Å². The molecule has 0 aromatic heterocycles. The van der Waals surface area contributed by atoms with Gasteiger partial charge in [-0.3, -0.25) is 10.1 Å². The number of non-ortho nitro benzene ring substituents is 1. The van der Waals surface area contributed by atoms with E-state index < -0.39 is 10.5 Å². The highest BCUT2D eigenvalue weighted by Crippen LogP contribution is 2.16. The van der Waals surface area contributed by atoms with Crippen molar-refractivity contribution >= 4 is 11.8 Å². The predicted octanol–water partition coefficient (Wildman–Crippen LogP) is 4.13. The zero-order valence-corrected chi connectivity index (χ0v) is 13.7. The highest BCUT2D eigenvalue weighted by atomic mass is 16.6. The van der Waals surface area contributed by atoms with Crippen molar-refractivity contribution in [1.82, 2.24) is 4.90 Å². The Morgan fingerprint density at radius 3 is 2.32 bits per heavy atom. The van der Waals surface area contributed by atoms with Crippen LogP contribution in [-0.2, 0) is 11.3 Å². The number of amides is 1. The van der Waals surface area contributed by atoms with Gasteiger partial charge < -0.3 is 9.64 Å². The van der Waals surface area contributed by atoms with Crippen molar-refractivity contribution in [2.45, 2.75) is 52.7 Å². The first kappa shape index (κ1) is 17.9. The fraction of sp³-hybridized carbons (Fsp3) is 0.562. The predicted molar refractivity (Wildman–Crippen MR) is 84.6 cm³/mol. The molecule has 0 aliphatic heterocycles. The molecule has 0 heterocycles. The van der Waals surface area contributed by atoms with Crippen LogP contribution in [0.1, 0.15) is 46.1 Å². The summed E-state index contributed by atoms with van der Waals surface area (Å²) in [4.78, 5) is 24.1. The van der Waals surface area contributed by atoms with Crippen molar-refractivity contribution < 1.29 is 14.5 Å². The molecule has 1 aromatic carbocycles. The second-order valence-electron chi connectivity index (χ2n) is 6.18. The molecule has 0 fully saturated rings. The zero-order chi connectivity index (χ0) is 16.8. The quantitative estimate of drug-likeness (QED) is 0.585. The molecule has 22 heavy (non-hydrogen) atoms. The van der Waals surface area contributed by atoms with Gasteiger partial charge in [-0.25, -0.2) is 4.79 Å². The molecule has 1 amide bonds. The van der Waals surface area contributed by atoms with E-state index in [1.807, 2.05) is 20.8 Å². The van der Waals surface area contributed by atoms with E-state index in [0.29, 0.717) is 13.1 Å². The minimum absolute atomic E-state index is 0.0427. The van der Waals surface area contributed by atoms with Crippen LogP contribution >= 0.6 is 0 Å². The Balaban J connectivity index is 2.79. The van der Waals surface area contributed by atoms with Gasteiger partial charge in [0.15, 0.2) is 0 Å². The first-order valence-electron chi connectivity index (χ1n) is 7.44. The van der Waals surface area contributed by atoms with Crippen molar-refractivity contribution in [3.63, 3.8) is 0 Å². The summed E-state index contributed by atoms with van der Waals surface area (Å²) < 4.78 is 5.41. The second-order valence-corrected chi connectivity index (χ2v) is 6.18. The number of nitrogens with zero attached hydrogens (tertiary/aromatic N) is 2. The number of hydrogen-bond donors (Lipinski definition) is 0. The van der Waals surface area contributed by atoms with Crippen LogP contribution in [0.25, 0.3) is 0 Å². The SMILES string of the molecule is CCCCN(Cc1ccc([N+](=O)[O-])cc1)C(=O)OC(C)(C)C. The topological polar surface area (TPSA) is 72.7 Å². The van der Waals surface area contributed by atoms with Crippen molar-refractivity contribution in [3.05, 3.63) is 39.9 Å². The highest BCUT2D eigenvalue weighted by molar-refractivity contribution is 5.68. The lowest BCUT2D eigenvalue weighted by molar-refractivity contribution is -0.384. The Labute approximate surface area is 131 Å². The molecule has 1 rings (SSSR count). The number of carbonyl (C=O) groups excluding carboxylic acids is 1. The van der Waals surface area contributed by atoms with E-state index in [0.717, 1.165) is 18.4 Å². The van der Waals surface area contributed by atoms with Gasteiger partial charge >= 0.3 is 6.09 Å². The summed E-state index contributed by atoms with van der Waals surface area (Å²) >= 11 is 0. The van der Waals surface area contributed by atoms with Gasteiger partial charge in [0.2, 0.25) is 0 Å². The van der Waals surface area contributed by atoms with Crippen LogP contribution in [0, 0.1) is 10.1 Å². The maximum atomic E-state index is 12.2. The van der Waals surface area contributed by atoms with Crippen LogP contribution in [0.15, 0.2) is 24.3 Å². The second kappa shape index (κ2) is 7.77. The van der Waals surface area contributed by atoms with Crippen LogP contribution in [-0.4, -0.2) is 28.1 Å². The number of rotatable bonds is 6. The van der Waals surface area contributed by atoms with Gasteiger partial charge in [-0.2, -0.15) is 0 Å². The molecular weight excluding hydrogens is 284 g/mol. The molecule has 0 unspecified atom stereocenters. The van der Waals surface area contributed by atoms with Gasteiger partial charge in [0.1, 0.15) is 5.60 Å². The average molecular weight is 308 g/mol. The number of carbonyl (C=O) groups is 1. The molecule has 0 saturated heterocycles. The van der Waals surface area contributed by atoms with E-state index in [1.54, 1.807) is 17.0 Å². The Kier molecular flexibility index (Phi) is 6.34. The Morgan fingerprint density at radius 2 is 1.86 bits per heavy atom. The minimum atomic E-state index is -0.545.